The lowest BCUT2D eigenvalue weighted by atomic mass is 10.2. The predicted molar refractivity (Wildman–Crippen MR) is 104 cm³/mol. The molecule has 5 heteroatoms. The Kier molecular flexibility index (Phi) is 9.14. The summed E-state index contributed by atoms with van der Waals surface area (Å²) in [5.74, 6) is 0. The average molecular weight is 354 g/mol. The summed E-state index contributed by atoms with van der Waals surface area (Å²) in [7, 11) is 1.00. The van der Waals surface area contributed by atoms with Crippen LogP contribution >= 0.6 is 0 Å². The van der Waals surface area contributed by atoms with Gasteiger partial charge in [-0.3, -0.25) is 4.79 Å². The summed E-state index contributed by atoms with van der Waals surface area (Å²) in [4.78, 5) is 21.8. The molecule has 26 heavy (non-hydrogen) atoms. The Balaban J connectivity index is 0.000000219. The largest absolute Gasteiger partial charge is 0.464 e. The summed E-state index contributed by atoms with van der Waals surface area (Å²) in [6, 6.07) is 19.2. The Morgan fingerprint density at radius 1 is 0.731 bits per heavy atom. The maximum Gasteiger partial charge on any atom is 0.336 e. The van der Waals surface area contributed by atoms with Crippen LogP contribution in [0.3, 0.4) is 0 Å². The topological polar surface area (TPSA) is 80.6 Å². The maximum absolute atomic E-state index is 11.1. The summed E-state index contributed by atoms with van der Waals surface area (Å²) in [5, 5.41) is 8.59. The molecule has 136 valence electrons. The van der Waals surface area contributed by atoms with Gasteiger partial charge in [0.15, 0.2) is 5.43 Å². The summed E-state index contributed by atoms with van der Waals surface area (Å²) in [6.45, 7) is 4.00. The third-order valence-electron chi connectivity index (χ3n) is 3.10. The van der Waals surface area contributed by atoms with E-state index in [1.807, 2.05) is 44.2 Å². The SMILES string of the molecule is CC.CO.O=c1ccc2ccccc2o1.O=c1ccoc2ccccc12. The molecule has 2 aromatic heterocycles. The zero-order valence-corrected chi connectivity index (χ0v) is 15.0. The van der Waals surface area contributed by atoms with Crippen molar-refractivity contribution in [3.05, 3.63) is 93.6 Å². The van der Waals surface area contributed by atoms with Gasteiger partial charge in [-0.1, -0.05) is 44.2 Å². The highest BCUT2D eigenvalue weighted by atomic mass is 16.4. The summed E-state index contributed by atoms with van der Waals surface area (Å²) < 4.78 is 10.00. The van der Waals surface area contributed by atoms with Gasteiger partial charge in [0, 0.05) is 24.6 Å². The molecule has 0 bridgehead atoms. The molecule has 2 aromatic carbocycles. The molecule has 0 fully saturated rings. The van der Waals surface area contributed by atoms with E-state index in [1.165, 1.54) is 18.4 Å². The zero-order valence-electron chi connectivity index (χ0n) is 15.0. The van der Waals surface area contributed by atoms with E-state index in [0.29, 0.717) is 16.6 Å². The molecule has 0 saturated carbocycles. The Labute approximate surface area is 151 Å². The van der Waals surface area contributed by atoms with E-state index >= 15 is 0 Å². The lowest BCUT2D eigenvalue weighted by Gasteiger charge is -1.91. The average Bonchev–Trinajstić information content (AvgIpc) is 2.72. The van der Waals surface area contributed by atoms with Crippen molar-refractivity contribution in [1.82, 2.24) is 0 Å². The van der Waals surface area contributed by atoms with E-state index in [1.54, 1.807) is 24.3 Å². The lowest BCUT2D eigenvalue weighted by molar-refractivity contribution is 0.399. The second kappa shape index (κ2) is 11.4. The molecule has 0 radical (unpaired) electrons. The first-order chi connectivity index (χ1) is 12.7. The van der Waals surface area contributed by atoms with Crippen molar-refractivity contribution in [1.29, 1.82) is 0 Å². The van der Waals surface area contributed by atoms with Crippen LogP contribution in [0.25, 0.3) is 21.9 Å². The number of hydrogen-bond acceptors (Lipinski definition) is 5. The first kappa shape index (κ1) is 20.9. The summed E-state index contributed by atoms with van der Waals surface area (Å²) >= 11 is 0. The molecule has 1 N–H and O–H groups in total. The number of rotatable bonds is 0. The van der Waals surface area contributed by atoms with Crippen LogP contribution < -0.4 is 11.1 Å². The van der Waals surface area contributed by atoms with Gasteiger partial charge in [0.05, 0.1) is 11.6 Å². The molecule has 0 aliphatic carbocycles. The fraction of sp³-hybridized carbons (Fsp3) is 0.143. The Hall–Kier alpha value is -3.18. The molecular formula is C21H22O5. The minimum absolute atomic E-state index is 0.00634. The summed E-state index contributed by atoms with van der Waals surface area (Å²) in [6.07, 6.45) is 1.41. The number of aliphatic hydroxyl groups excluding tert-OH is 1. The molecule has 0 aliphatic heterocycles. The van der Waals surface area contributed by atoms with E-state index in [9.17, 15) is 9.59 Å². The minimum atomic E-state index is -0.302. The molecule has 0 unspecified atom stereocenters. The Morgan fingerprint density at radius 2 is 1.35 bits per heavy atom. The molecule has 2 heterocycles. The van der Waals surface area contributed by atoms with Crippen molar-refractivity contribution in [2.75, 3.05) is 7.11 Å². The van der Waals surface area contributed by atoms with Crippen LogP contribution in [0.5, 0.6) is 0 Å². The van der Waals surface area contributed by atoms with Gasteiger partial charge < -0.3 is 13.9 Å². The van der Waals surface area contributed by atoms with Crippen molar-refractivity contribution in [3.63, 3.8) is 0 Å². The number of fused-ring (bicyclic) bond motifs is 2. The highest BCUT2D eigenvalue weighted by molar-refractivity contribution is 5.76. The minimum Gasteiger partial charge on any atom is -0.464 e. The molecule has 5 nitrogen and oxygen atoms in total. The standard InChI is InChI=1S/2C9H6O2.C2H6.CH4O/c10-8-5-6-11-9-4-2-1-3-7(8)9;10-9-6-5-7-3-1-2-4-8(7)11-9;2*1-2/h2*1-6H;1-2H3;2H,1H3. The second-order valence-corrected chi connectivity index (χ2v) is 4.57. The van der Waals surface area contributed by atoms with Gasteiger partial charge in [-0.25, -0.2) is 4.79 Å². The van der Waals surface area contributed by atoms with Crippen LogP contribution in [0.2, 0.25) is 0 Å². The number of benzene rings is 2. The van der Waals surface area contributed by atoms with E-state index < -0.39 is 0 Å². The van der Waals surface area contributed by atoms with Gasteiger partial charge in [-0.2, -0.15) is 0 Å². The van der Waals surface area contributed by atoms with E-state index in [0.717, 1.165) is 12.5 Å². The molecule has 4 aromatic rings. The van der Waals surface area contributed by atoms with Gasteiger partial charge in [0.25, 0.3) is 0 Å². The lowest BCUT2D eigenvalue weighted by Crippen LogP contribution is -1.96. The number of para-hydroxylation sites is 2. The van der Waals surface area contributed by atoms with Crippen molar-refractivity contribution in [2.24, 2.45) is 0 Å². The molecule has 4 rings (SSSR count). The van der Waals surface area contributed by atoms with Crippen molar-refractivity contribution in [2.45, 2.75) is 13.8 Å². The third-order valence-corrected chi connectivity index (χ3v) is 3.10. The fourth-order valence-electron chi connectivity index (χ4n) is 2.04. The number of aliphatic hydroxyl groups is 1. The van der Waals surface area contributed by atoms with Crippen LogP contribution in [0, 0.1) is 0 Å². The van der Waals surface area contributed by atoms with E-state index in [-0.39, 0.29) is 11.1 Å². The van der Waals surface area contributed by atoms with E-state index in [4.69, 9.17) is 13.9 Å². The van der Waals surface area contributed by atoms with Crippen LogP contribution in [-0.2, 0) is 0 Å². The van der Waals surface area contributed by atoms with Crippen LogP contribution in [0.4, 0.5) is 0 Å². The Bertz CT molecular complexity index is 1020. The quantitative estimate of drug-likeness (QED) is 0.478. The van der Waals surface area contributed by atoms with Gasteiger partial charge in [0.1, 0.15) is 11.2 Å². The molecule has 0 amide bonds. The van der Waals surface area contributed by atoms with Crippen LogP contribution in [0.15, 0.2) is 91.4 Å². The van der Waals surface area contributed by atoms with Crippen LogP contribution in [-0.4, -0.2) is 12.2 Å². The van der Waals surface area contributed by atoms with E-state index in [2.05, 4.69) is 0 Å². The zero-order chi connectivity index (χ0) is 19.4. The van der Waals surface area contributed by atoms with Gasteiger partial charge >= 0.3 is 5.63 Å². The first-order valence-corrected chi connectivity index (χ1v) is 8.14. The first-order valence-electron chi connectivity index (χ1n) is 8.14. The highest BCUT2D eigenvalue weighted by Gasteiger charge is 1.95. The van der Waals surface area contributed by atoms with Crippen molar-refractivity contribution in [3.8, 4) is 0 Å². The fourth-order valence-corrected chi connectivity index (χ4v) is 2.04. The third kappa shape index (κ3) is 5.72. The van der Waals surface area contributed by atoms with Crippen LogP contribution in [0.1, 0.15) is 13.8 Å². The maximum atomic E-state index is 11.1. The van der Waals surface area contributed by atoms with Gasteiger partial charge in [-0.15, -0.1) is 0 Å². The monoisotopic (exact) mass is 354 g/mol. The van der Waals surface area contributed by atoms with Crippen molar-refractivity contribution < 1.29 is 13.9 Å². The Morgan fingerprint density at radius 3 is 2.04 bits per heavy atom. The molecule has 0 spiro atoms. The predicted octanol–water partition coefficient (Wildman–Crippen LogP) is 4.22. The molecule has 0 atom stereocenters. The summed E-state index contributed by atoms with van der Waals surface area (Å²) in [5.41, 5.74) is 0.982. The van der Waals surface area contributed by atoms with Gasteiger partial charge in [-0.05, 0) is 24.3 Å². The van der Waals surface area contributed by atoms with Gasteiger partial charge in [0.2, 0.25) is 0 Å². The smallest absolute Gasteiger partial charge is 0.336 e. The normalized spacial score (nSPS) is 9.08. The molecular weight excluding hydrogens is 332 g/mol. The number of hydrogen-bond donors (Lipinski definition) is 1. The highest BCUT2D eigenvalue weighted by Crippen LogP contribution is 2.09. The molecule has 0 aliphatic rings. The second-order valence-electron chi connectivity index (χ2n) is 4.57. The molecule has 0 saturated heterocycles. The van der Waals surface area contributed by atoms with Crippen molar-refractivity contribution >= 4 is 21.9 Å².